The minimum Gasteiger partial charge on any atom is -0.0536 e. The fraction of sp³-hybridized carbons (Fsp3) is 0.111. The van der Waals surface area contributed by atoms with Crippen LogP contribution >= 0.6 is 15.9 Å². The Bertz CT molecular complexity index is 287. The van der Waals surface area contributed by atoms with Gasteiger partial charge in [-0.1, -0.05) is 28.1 Å². The Morgan fingerprint density at radius 2 is 2.30 bits per heavy atom. The molecule has 1 radical (unpaired) electrons. The first kappa shape index (κ1) is 6.17. The lowest BCUT2D eigenvalue weighted by atomic mass is 10.1. The van der Waals surface area contributed by atoms with Gasteiger partial charge in [0.1, 0.15) is 0 Å². The predicted molar refractivity (Wildman–Crippen MR) is 45.6 cm³/mol. The van der Waals surface area contributed by atoms with Gasteiger partial charge in [0, 0.05) is 4.47 Å². The van der Waals surface area contributed by atoms with E-state index in [-0.39, 0.29) is 0 Å². The van der Waals surface area contributed by atoms with E-state index in [1.165, 1.54) is 11.1 Å². The van der Waals surface area contributed by atoms with Crippen molar-refractivity contribution in [3.8, 4) is 0 Å². The molecular weight excluding hydrogens is 188 g/mol. The van der Waals surface area contributed by atoms with Crippen molar-refractivity contribution in [1.29, 1.82) is 0 Å². The molecule has 0 unspecified atom stereocenters. The van der Waals surface area contributed by atoms with E-state index in [9.17, 15) is 0 Å². The van der Waals surface area contributed by atoms with Crippen molar-refractivity contribution < 1.29 is 0 Å². The van der Waals surface area contributed by atoms with Gasteiger partial charge in [0.2, 0.25) is 0 Å². The number of rotatable bonds is 0. The molecule has 1 aromatic rings. The van der Waals surface area contributed by atoms with Gasteiger partial charge in [-0.3, -0.25) is 0 Å². The summed E-state index contributed by atoms with van der Waals surface area (Å²) < 4.78 is 1.16. The summed E-state index contributed by atoms with van der Waals surface area (Å²) in [6, 6.07) is 6.31. The van der Waals surface area contributed by atoms with Gasteiger partial charge in [0.05, 0.1) is 0 Å². The first-order chi connectivity index (χ1) is 4.86. The lowest BCUT2D eigenvalue weighted by Gasteiger charge is -1.96. The van der Waals surface area contributed by atoms with E-state index in [1.54, 1.807) is 0 Å². The Morgan fingerprint density at radius 1 is 1.40 bits per heavy atom. The summed E-state index contributed by atoms with van der Waals surface area (Å²) in [6.07, 6.45) is 6.18. The highest BCUT2D eigenvalue weighted by Gasteiger charge is 2.03. The van der Waals surface area contributed by atoms with Crippen molar-refractivity contribution in [2.45, 2.75) is 6.42 Å². The summed E-state index contributed by atoms with van der Waals surface area (Å²) in [5.41, 5.74) is 2.68. The Morgan fingerprint density at radius 3 is 3.20 bits per heavy atom. The Labute approximate surface area is 68.7 Å². The van der Waals surface area contributed by atoms with Crippen LogP contribution in [0.5, 0.6) is 0 Å². The van der Waals surface area contributed by atoms with Crippen molar-refractivity contribution in [1.82, 2.24) is 0 Å². The summed E-state index contributed by atoms with van der Waals surface area (Å²) in [6.45, 7) is 0. The first-order valence-corrected chi connectivity index (χ1v) is 4.00. The SMILES string of the molecule is Brc1ccc2c(c1)C[C]=C2. The molecule has 0 spiro atoms. The average molecular weight is 194 g/mol. The molecule has 0 heterocycles. The monoisotopic (exact) mass is 193 g/mol. The fourth-order valence-electron chi connectivity index (χ4n) is 1.14. The summed E-state index contributed by atoms with van der Waals surface area (Å²) in [5, 5.41) is 0. The molecule has 0 bridgehead atoms. The third-order valence-corrected chi connectivity index (χ3v) is 2.15. The Kier molecular flexibility index (Phi) is 1.38. The highest BCUT2D eigenvalue weighted by molar-refractivity contribution is 9.10. The topological polar surface area (TPSA) is 0 Å². The van der Waals surface area contributed by atoms with Crippen molar-refractivity contribution in [2.75, 3.05) is 0 Å². The van der Waals surface area contributed by atoms with Crippen LogP contribution < -0.4 is 0 Å². The molecule has 0 N–H and O–H groups in total. The number of allylic oxidation sites excluding steroid dienone is 1. The second kappa shape index (κ2) is 2.24. The van der Waals surface area contributed by atoms with Crippen LogP contribution in [-0.2, 0) is 6.42 Å². The summed E-state index contributed by atoms with van der Waals surface area (Å²) >= 11 is 3.42. The lowest BCUT2D eigenvalue weighted by Crippen LogP contribution is -1.79. The van der Waals surface area contributed by atoms with Gasteiger partial charge in [-0.15, -0.1) is 0 Å². The summed E-state index contributed by atoms with van der Waals surface area (Å²) in [7, 11) is 0. The molecule has 1 aliphatic rings. The zero-order valence-corrected chi connectivity index (χ0v) is 6.98. The van der Waals surface area contributed by atoms with Gasteiger partial charge in [0.25, 0.3) is 0 Å². The highest BCUT2D eigenvalue weighted by atomic mass is 79.9. The lowest BCUT2D eigenvalue weighted by molar-refractivity contribution is 1.27. The molecule has 0 nitrogen and oxygen atoms in total. The highest BCUT2D eigenvalue weighted by Crippen LogP contribution is 2.22. The summed E-state index contributed by atoms with van der Waals surface area (Å²) in [5.74, 6) is 0. The number of hydrogen-bond acceptors (Lipinski definition) is 0. The van der Waals surface area contributed by atoms with Crippen molar-refractivity contribution in [2.24, 2.45) is 0 Å². The number of halogens is 1. The Balaban J connectivity index is 2.59. The first-order valence-electron chi connectivity index (χ1n) is 3.21. The van der Waals surface area contributed by atoms with Crippen LogP contribution in [0.3, 0.4) is 0 Å². The van der Waals surface area contributed by atoms with Crippen molar-refractivity contribution >= 4 is 22.0 Å². The zero-order valence-electron chi connectivity index (χ0n) is 5.39. The molecule has 1 heteroatoms. The normalized spacial score (nSPS) is 13.7. The second-order valence-corrected chi connectivity index (χ2v) is 3.28. The van der Waals surface area contributed by atoms with Crippen LogP contribution in [0.4, 0.5) is 0 Å². The van der Waals surface area contributed by atoms with E-state index in [2.05, 4.69) is 40.2 Å². The molecule has 10 heavy (non-hydrogen) atoms. The van der Waals surface area contributed by atoms with Gasteiger partial charge < -0.3 is 0 Å². The molecule has 1 aliphatic carbocycles. The molecule has 0 aliphatic heterocycles. The number of fused-ring (bicyclic) bond motifs is 1. The largest absolute Gasteiger partial charge is 0.0536 e. The van der Waals surface area contributed by atoms with Crippen LogP contribution in [0.25, 0.3) is 6.08 Å². The molecule has 0 aromatic heterocycles. The molecule has 0 amide bonds. The maximum atomic E-state index is 3.42. The van der Waals surface area contributed by atoms with Crippen molar-refractivity contribution in [3.05, 3.63) is 39.9 Å². The molecule has 2 rings (SSSR count). The van der Waals surface area contributed by atoms with E-state index >= 15 is 0 Å². The maximum Gasteiger partial charge on any atom is 0.0178 e. The molecular formula is C9H6Br. The third-order valence-electron chi connectivity index (χ3n) is 1.66. The van der Waals surface area contributed by atoms with Crippen LogP contribution in [0.2, 0.25) is 0 Å². The van der Waals surface area contributed by atoms with Gasteiger partial charge in [-0.25, -0.2) is 0 Å². The van der Waals surface area contributed by atoms with E-state index < -0.39 is 0 Å². The zero-order chi connectivity index (χ0) is 6.97. The Hall–Kier alpha value is -0.560. The van der Waals surface area contributed by atoms with Crippen LogP contribution in [-0.4, -0.2) is 0 Å². The van der Waals surface area contributed by atoms with Gasteiger partial charge in [0.15, 0.2) is 0 Å². The van der Waals surface area contributed by atoms with Crippen LogP contribution in [0, 0.1) is 6.08 Å². The van der Waals surface area contributed by atoms with E-state index in [4.69, 9.17) is 0 Å². The molecule has 0 fully saturated rings. The van der Waals surface area contributed by atoms with E-state index in [0.717, 1.165) is 10.9 Å². The molecule has 0 saturated carbocycles. The van der Waals surface area contributed by atoms with Gasteiger partial charge >= 0.3 is 0 Å². The second-order valence-electron chi connectivity index (χ2n) is 2.37. The van der Waals surface area contributed by atoms with Crippen molar-refractivity contribution in [3.63, 3.8) is 0 Å². The third kappa shape index (κ3) is 0.907. The number of hydrogen-bond donors (Lipinski definition) is 0. The number of benzene rings is 1. The molecule has 0 atom stereocenters. The smallest absolute Gasteiger partial charge is 0.0178 e. The molecule has 0 saturated heterocycles. The van der Waals surface area contributed by atoms with Crippen LogP contribution in [0.15, 0.2) is 22.7 Å². The maximum absolute atomic E-state index is 3.42. The summed E-state index contributed by atoms with van der Waals surface area (Å²) in [4.78, 5) is 0. The molecule has 1 aromatic carbocycles. The fourth-order valence-corrected chi connectivity index (χ4v) is 1.55. The van der Waals surface area contributed by atoms with E-state index in [0.29, 0.717) is 0 Å². The van der Waals surface area contributed by atoms with Gasteiger partial charge in [-0.2, -0.15) is 0 Å². The predicted octanol–water partition coefficient (Wildman–Crippen LogP) is 2.82. The minimum absolute atomic E-state index is 0.967. The molecule has 49 valence electrons. The quantitative estimate of drug-likeness (QED) is 0.595. The van der Waals surface area contributed by atoms with Gasteiger partial charge in [-0.05, 0) is 35.8 Å². The van der Waals surface area contributed by atoms with Crippen LogP contribution in [0.1, 0.15) is 11.1 Å². The average Bonchev–Trinajstić information content (AvgIpc) is 2.33. The van der Waals surface area contributed by atoms with E-state index in [1.807, 2.05) is 6.08 Å². The standard InChI is InChI=1S/C9H6Br/c10-9-5-4-7-2-1-3-8(7)6-9/h2,4-6H,3H2. The minimum atomic E-state index is 0.967.